The topological polar surface area (TPSA) is 42.2 Å². The molecule has 19 heavy (non-hydrogen) atoms. The van der Waals surface area contributed by atoms with Crippen molar-refractivity contribution in [3.63, 3.8) is 0 Å². The molecule has 2 aromatic rings. The van der Waals surface area contributed by atoms with Gasteiger partial charge >= 0.3 is 0 Å². The predicted octanol–water partition coefficient (Wildman–Crippen LogP) is 3.80. The number of ether oxygens (including phenoxy) is 2. The van der Waals surface area contributed by atoms with Crippen molar-refractivity contribution in [2.75, 3.05) is 7.11 Å². The summed E-state index contributed by atoms with van der Waals surface area (Å²) in [6.45, 7) is 0.374. The van der Waals surface area contributed by atoms with E-state index in [9.17, 15) is 0 Å². The normalized spacial score (nSPS) is 9.74. The first-order valence-corrected chi connectivity index (χ1v) is 6.06. The molecule has 3 nitrogen and oxygen atoms in total. The van der Waals surface area contributed by atoms with Crippen LogP contribution in [0.25, 0.3) is 0 Å². The number of rotatable bonds is 4. The van der Waals surface area contributed by atoms with Crippen LogP contribution in [0, 0.1) is 11.3 Å². The van der Waals surface area contributed by atoms with E-state index in [4.69, 9.17) is 26.3 Å². The Kier molecular flexibility index (Phi) is 4.27. The lowest BCUT2D eigenvalue weighted by Crippen LogP contribution is -1.97. The molecule has 0 aliphatic carbocycles. The average Bonchev–Trinajstić information content (AvgIpc) is 2.45. The Balaban J connectivity index is 2.10. The number of nitrogens with zero attached hydrogens (tertiary/aromatic N) is 1. The fourth-order valence-corrected chi connectivity index (χ4v) is 1.84. The molecule has 0 unspecified atom stereocenters. The molecule has 0 spiro atoms. The first-order chi connectivity index (χ1) is 9.22. The number of nitriles is 1. The molecule has 2 rings (SSSR count). The van der Waals surface area contributed by atoms with Gasteiger partial charge in [-0.15, -0.1) is 0 Å². The van der Waals surface area contributed by atoms with E-state index in [1.54, 1.807) is 24.3 Å². The summed E-state index contributed by atoms with van der Waals surface area (Å²) in [5, 5.41) is 9.64. The molecule has 96 valence electrons. The third-order valence-corrected chi connectivity index (χ3v) is 2.82. The van der Waals surface area contributed by atoms with Crippen molar-refractivity contribution in [2.24, 2.45) is 0 Å². The smallest absolute Gasteiger partial charge is 0.136 e. The van der Waals surface area contributed by atoms with Crippen molar-refractivity contribution in [2.45, 2.75) is 6.61 Å². The summed E-state index contributed by atoms with van der Waals surface area (Å²) in [6.07, 6.45) is 0. The first kappa shape index (κ1) is 13.3. The summed E-state index contributed by atoms with van der Waals surface area (Å²) in [4.78, 5) is 0. The van der Waals surface area contributed by atoms with Gasteiger partial charge < -0.3 is 9.47 Å². The Morgan fingerprint density at radius 3 is 2.74 bits per heavy atom. The summed E-state index contributed by atoms with van der Waals surface area (Å²) in [5.41, 5.74) is 1.40. The third kappa shape index (κ3) is 3.40. The molecule has 0 bridgehead atoms. The molecule has 0 aromatic heterocycles. The fraction of sp³-hybridized carbons (Fsp3) is 0.133. The second-order valence-electron chi connectivity index (χ2n) is 3.89. The van der Waals surface area contributed by atoms with Gasteiger partial charge in [0.2, 0.25) is 0 Å². The van der Waals surface area contributed by atoms with Crippen molar-refractivity contribution in [1.82, 2.24) is 0 Å². The zero-order chi connectivity index (χ0) is 13.7. The maximum absolute atomic E-state index is 9.01. The van der Waals surface area contributed by atoms with Gasteiger partial charge in [-0.25, -0.2) is 0 Å². The molecule has 4 heteroatoms. The maximum Gasteiger partial charge on any atom is 0.136 e. The maximum atomic E-state index is 9.01. The van der Waals surface area contributed by atoms with E-state index >= 15 is 0 Å². The molecule has 0 saturated carbocycles. The average molecular weight is 274 g/mol. The van der Waals surface area contributed by atoms with Gasteiger partial charge in [-0.05, 0) is 35.9 Å². The van der Waals surface area contributed by atoms with Crippen LogP contribution in [0.5, 0.6) is 11.5 Å². The molecular formula is C15H12ClNO2. The number of methoxy groups -OCH3 is 1. The fourth-order valence-electron chi connectivity index (χ4n) is 1.66. The second-order valence-corrected chi connectivity index (χ2v) is 4.33. The highest BCUT2D eigenvalue weighted by Gasteiger charge is 2.04. The van der Waals surface area contributed by atoms with Gasteiger partial charge in [-0.3, -0.25) is 0 Å². The van der Waals surface area contributed by atoms with Gasteiger partial charge in [-0.1, -0.05) is 23.7 Å². The van der Waals surface area contributed by atoms with Crippen molar-refractivity contribution in [3.05, 3.63) is 58.6 Å². The quantitative estimate of drug-likeness (QED) is 0.851. The summed E-state index contributed by atoms with van der Waals surface area (Å²) in [7, 11) is 1.54. The van der Waals surface area contributed by atoms with Crippen molar-refractivity contribution in [3.8, 4) is 17.6 Å². The predicted molar refractivity (Wildman–Crippen MR) is 73.5 cm³/mol. The summed E-state index contributed by atoms with van der Waals surface area (Å²) in [6, 6.07) is 14.7. The van der Waals surface area contributed by atoms with Gasteiger partial charge in [0.15, 0.2) is 0 Å². The zero-order valence-corrected chi connectivity index (χ0v) is 11.1. The van der Waals surface area contributed by atoms with Gasteiger partial charge in [0.25, 0.3) is 0 Å². The monoisotopic (exact) mass is 273 g/mol. The summed E-state index contributed by atoms with van der Waals surface area (Å²) in [5.74, 6) is 1.26. The molecule has 0 N–H and O–H groups in total. The molecule has 2 aromatic carbocycles. The van der Waals surface area contributed by atoms with Crippen molar-refractivity contribution in [1.29, 1.82) is 5.26 Å². The number of benzene rings is 2. The summed E-state index contributed by atoms with van der Waals surface area (Å²) < 4.78 is 10.7. The molecule has 0 heterocycles. The van der Waals surface area contributed by atoms with Gasteiger partial charge in [0.05, 0.1) is 12.7 Å². The molecule has 0 aliphatic heterocycles. The van der Waals surface area contributed by atoms with Crippen LogP contribution in [0.3, 0.4) is 0 Å². The standard InChI is InChI=1S/C15H12ClNO2/c1-18-15-6-5-11(7-12(15)9-17)10-19-14-4-2-3-13(16)8-14/h2-8H,10H2,1H3. The minimum absolute atomic E-state index is 0.374. The van der Waals surface area contributed by atoms with E-state index in [0.29, 0.717) is 28.7 Å². The third-order valence-electron chi connectivity index (χ3n) is 2.59. The molecule has 0 fully saturated rings. The molecule has 0 amide bonds. The van der Waals surface area contributed by atoms with Gasteiger partial charge in [0, 0.05) is 5.02 Å². The number of halogens is 1. The van der Waals surface area contributed by atoms with Crippen LogP contribution in [0.2, 0.25) is 5.02 Å². The Labute approximate surface area is 117 Å². The molecular weight excluding hydrogens is 262 g/mol. The second kappa shape index (κ2) is 6.12. The minimum Gasteiger partial charge on any atom is -0.495 e. The van der Waals surface area contributed by atoms with Crippen LogP contribution in [0.15, 0.2) is 42.5 Å². The molecule has 0 aliphatic rings. The molecule has 0 radical (unpaired) electrons. The Morgan fingerprint density at radius 2 is 2.05 bits per heavy atom. The SMILES string of the molecule is COc1ccc(COc2cccc(Cl)c2)cc1C#N. The van der Waals surface area contributed by atoms with Crippen LogP contribution in [0.4, 0.5) is 0 Å². The summed E-state index contributed by atoms with van der Waals surface area (Å²) >= 11 is 5.87. The highest BCUT2D eigenvalue weighted by molar-refractivity contribution is 6.30. The Morgan fingerprint density at radius 1 is 1.21 bits per heavy atom. The number of hydrogen-bond donors (Lipinski definition) is 0. The van der Waals surface area contributed by atoms with E-state index in [0.717, 1.165) is 5.56 Å². The molecule has 0 saturated heterocycles. The van der Waals surface area contributed by atoms with E-state index < -0.39 is 0 Å². The van der Waals surface area contributed by atoms with Crippen LogP contribution in [0.1, 0.15) is 11.1 Å². The van der Waals surface area contributed by atoms with E-state index in [-0.39, 0.29) is 0 Å². The lowest BCUT2D eigenvalue weighted by molar-refractivity contribution is 0.306. The van der Waals surface area contributed by atoms with Crippen LogP contribution < -0.4 is 9.47 Å². The Bertz CT molecular complexity index is 620. The van der Waals surface area contributed by atoms with Crippen LogP contribution in [-0.4, -0.2) is 7.11 Å². The highest BCUT2D eigenvalue weighted by atomic mass is 35.5. The Hall–Kier alpha value is -2.18. The van der Waals surface area contributed by atoms with Crippen LogP contribution in [-0.2, 0) is 6.61 Å². The van der Waals surface area contributed by atoms with E-state index in [2.05, 4.69) is 6.07 Å². The van der Waals surface area contributed by atoms with Crippen molar-refractivity contribution < 1.29 is 9.47 Å². The lowest BCUT2D eigenvalue weighted by Gasteiger charge is -2.08. The lowest BCUT2D eigenvalue weighted by atomic mass is 10.1. The highest BCUT2D eigenvalue weighted by Crippen LogP contribution is 2.21. The van der Waals surface area contributed by atoms with E-state index in [1.165, 1.54) is 7.11 Å². The largest absolute Gasteiger partial charge is 0.495 e. The van der Waals surface area contributed by atoms with Gasteiger partial charge in [-0.2, -0.15) is 5.26 Å². The molecule has 0 atom stereocenters. The van der Waals surface area contributed by atoms with E-state index in [1.807, 2.05) is 18.2 Å². The van der Waals surface area contributed by atoms with Gasteiger partial charge in [0.1, 0.15) is 24.2 Å². The number of hydrogen-bond acceptors (Lipinski definition) is 3. The zero-order valence-electron chi connectivity index (χ0n) is 10.4. The van der Waals surface area contributed by atoms with Crippen molar-refractivity contribution >= 4 is 11.6 Å². The first-order valence-electron chi connectivity index (χ1n) is 5.68. The minimum atomic E-state index is 0.374. The van der Waals surface area contributed by atoms with Crippen LogP contribution >= 0.6 is 11.6 Å².